The van der Waals surface area contributed by atoms with Crippen LogP contribution in [-0.4, -0.2) is 70.0 Å². The number of sulfone groups is 1. The van der Waals surface area contributed by atoms with Crippen LogP contribution >= 0.6 is 11.6 Å². The molecule has 2 aromatic rings. The normalized spacial score (nSPS) is 14.4. The van der Waals surface area contributed by atoms with E-state index < -0.39 is 15.8 Å². The van der Waals surface area contributed by atoms with Gasteiger partial charge in [0.1, 0.15) is 0 Å². The fourth-order valence-electron chi connectivity index (χ4n) is 3.37. The molecule has 0 aliphatic carbocycles. The largest absolute Gasteiger partial charge is 0.383 e. The summed E-state index contributed by atoms with van der Waals surface area (Å²) in [5.41, 5.74) is 2.01. The molecule has 0 radical (unpaired) electrons. The van der Waals surface area contributed by atoms with E-state index in [0.29, 0.717) is 22.7 Å². The lowest BCUT2D eigenvalue weighted by molar-refractivity contribution is 0.0930. The van der Waals surface area contributed by atoms with E-state index in [1.165, 1.54) is 12.1 Å². The standard InChI is InChI=1S/C23H30ClN3O3S/c1-16-7-8-18(13-25-16)23(28)22(17-9-11-19(12-10-17)31(6,29)30)20(14-26(2)3)21(24)15-27(4)5/h7-13,15,20,22H,14H2,1-6H3/b21-15-. The summed E-state index contributed by atoms with van der Waals surface area (Å²) in [7, 11) is 4.25. The van der Waals surface area contributed by atoms with Crippen LogP contribution in [0, 0.1) is 12.8 Å². The molecule has 2 unspecified atom stereocenters. The van der Waals surface area contributed by atoms with E-state index in [1.807, 2.05) is 44.9 Å². The molecule has 0 bridgehead atoms. The number of aryl methyl sites for hydroxylation is 1. The number of benzene rings is 1. The maximum Gasteiger partial charge on any atom is 0.175 e. The number of pyridine rings is 1. The molecule has 0 aliphatic rings. The quantitative estimate of drug-likeness (QED) is 0.529. The predicted molar refractivity (Wildman–Crippen MR) is 125 cm³/mol. The molecule has 168 valence electrons. The van der Waals surface area contributed by atoms with Crippen LogP contribution in [0.4, 0.5) is 0 Å². The maximum atomic E-state index is 13.7. The number of carbonyl (C=O) groups is 1. The van der Waals surface area contributed by atoms with Gasteiger partial charge in [0.2, 0.25) is 0 Å². The zero-order chi connectivity index (χ0) is 23.3. The first-order valence-corrected chi connectivity index (χ1v) is 12.1. The highest BCUT2D eigenvalue weighted by atomic mass is 35.5. The summed E-state index contributed by atoms with van der Waals surface area (Å²) in [5.74, 6) is -1.06. The van der Waals surface area contributed by atoms with E-state index in [1.54, 1.807) is 36.7 Å². The first-order chi connectivity index (χ1) is 14.4. The van der Waals surface area contributed by atoms with E-state index in [4.69, 9.17) is 11.6 Å². The Kier molecular flexibility index (Phi) is 8.40. The molecule has 8 heteroatoms. The van der Waals surface area contributed by atoms with Crippen LogP contribution in [-0.2, 0) is 9.84 Å². The van der Waals surface area contributed by atoms with Gasteiger partial charge >= 0.3 is 0 Å². The number of rotatable bonds is 9. The number of halogens is 1. The fourth-order valence-corrected chi connectivity index (χ4v) is 4.39. The molecule has 0 fully saturated rings. The molecule has 1 aromatic carbocycles. The van der Waals surface area contributed by atoms with Gasteiger partial charge in [-0.05, 0) is 50.8 Å². The van der Waals surface area contributed by atoms with Crippen LogP contribution in [0.3, 0.4) is 0 Å². The first kappa shape index (κ1) is 25.0. The zero-order valence-electron chi connectivity index (χ0n) is 18.8. The van der Waals surface area contributed by atoms with Gasteiger partial charge in [0.25, 0.3) is 0 Å². The van der Waals surface area contributed by atoms with Gasteiger partial charge in [0.15, 0.2) is 15.6 Å². The number of aromatic nitrogens is 1. The van der Waals surface area contributed by atoms with Crippen LogP contribution in [0.1, 0.15) is 27.5 Å². The van der Waals surface area contributed by atoms with Gasteiger partial charge < -0.3 is 9.80 Å². The van der Waals surface area contributed by atoms with Crippen molar-refractivity contribution < 1.29 is 13.2 Å². The van der Waals surface area contributed by atoms with Crippen LogP contribution in [0.15, 0.2) is 58.7 Å². The lowest BCUT2D eigenvalue weighted by Gasteiger charge is -2.29. The average molecular weight is 464 g/mol. The monoisotopic (exact) mass is 463 g/mol. The Hall–Kier alpha value is -2.22. The van der Waals surface area contributed by atoms with Crippen LogP contribution in [0.25, 0.3) is 0 Å². The summed E-state index contributed by atoms with van der Waals surface area (Å²) in [6.07, 6.45) is 4.54. The third kappa shape index (κ3) is 6.89. The fraction of sp³-hybridized carbons (Fsp3) is 0.391. The molecule has 1 heterocycles. The second-order valence-corrected chi connectivity index (χ2v) is 10.7. The Labute approximate surface area is 190 Å². The molecule has 1 aromatic heterocycles. The number of ketones is 1. The number of hydrogen-bond acceptors (Lipinski definition) is 6. The molecular weight excluding hydrogens is 434 g/mol. The van der Waals surface area contributed by atoms with Gasteiger partial charge in [-0.1, -0.05) is 23.7 Å². The van der Waals surface area contributed by atoms with Gasteiger partial charge in [0.05, 0.1) is 10.8 Å². The minimum absolute atomic E-state index is 0.114. The lowest BCUT2D eigenvalue weighted by atomic mass is 9.80. The van der Waals surface area contributed by atoms with Crippen molar-refractivity contribution in [3.8, 4) is 0 Å². The molecule has 0 saturated heterocycles. The minimum atomic E-state index is -3.34. The van der Waals surface area contributed by atoms with Crippen molar-refractivity contribution in [3.63, 3.8) is 0 Å². The molecule has 0 spiro atoms. The summed E-state index contributed by atoms with van der Waals surface area (Å²) >= 11 is 6.72. The molecule has 6 nitrogen and oxygen atoms in total. The van der Waals surface area contributed by atoms with Crippen molar-refractivity contribution >= 4 is 27.2 Å². The van der Waals surface area contributed by atoms with Gasteiger partial charge in [-0.2, -0.15) is 0 Å². The summed E-state index contributed by atoms with van der Waals surface area (Å²) in [5, 5.41) is 0.546. The number of Topliss-reactive ketones (excluding diaryl/α,β-unsaturated/α-hetero) is 1. The Bertz CT molecular complexity index is 1030. The van der Waals surface area contributed by atoms with E-state index in [2.05, 4.69) is 4.98 Å². The van der Waals surface area contributed by atoms with Gasteiger partial charge in [-0.15, -0.1) is 0 Å². The molecule has 0 aliphatic heterocycles. The predicted octanol–water partition coefficient (Wildman–Crippen LogP) is 3.58. The van der Waals surface area contributed by atoms with Gasteiger partial charge in [0, 0.05) is 61.5 Å². The molecule has 0 saturated carbocycles. The minimum Gasteiger partial charge on any atom is -0.383 e. The third-order valence-electron chi connectivity index (χ3n) is 4.85. The zero-order valence-corrected chi connectivity index (χ0v) is 20.4. The number of hydrogen-bond donors (Lipinski definition) is 0. The van der Waals surface area contributed by atoms with Gasteiger partial charge in [-0.25, -0.2) is 8.42 Å². The van der Waals surface area contributed by atoms with Crippen molar-refractivity contribution in [2.45, 2.75) is 17.7 Å². The molecule has 0 amide bonds. The van der Waals surface area contributed by atoms with Crippen molar-refractivity contribution in [2.24, 2.45) is 5.92 Å². The Morgan fingerprint density at radius 3 is 2.16 bits per heavy atom. The van der Waals surface area contributed by atoms with Crippen molar-refractivity contribution in [1.29, 1.82) is 0 Å². The molecular formula is C23H30ClN3O3S. The summed E-state index contributed by atoms with van der Waals surface area (Å²) < 4.78 is 23.8. The van der Waals surface area contributed by atoms with Crippen molar-refractivity contribution in [1.82, 2.24) is 14.8 Å². The molecule has 31 heavy (non-hydrogen) atoms. The lowest BCUT2D eigenvalue weighted by Crippen LogP contribution is -2.32. The summed E-state index contributed by atoms with van der Waals surface area (Å²) in [6.45, 7) is 2.40. The average Bonchev–Trinajstić information content (AvgIpc) is 2.66. The van der Waals surface area contributed by atoms with E-state index in [9.17, 15) is 13.2 Å². The molecule has 2 atom stereocenters. The van der Waals surface area contributed by atoms with Crippen molar-refractivity contribution in [3.05, 3.63) is 70.6 Å². The van der Waals surface area contributed by atoms with E-state index in [-0.39, 0.29) is 16.6 Å². The number of carbonyl (C=O) groups excluding carboxylic acids is 1. The Morgan fingerprint density at radius 2 is 1.71 bits per heavy atom. The highest BCUT2D eigenvalue weighted by Crippen LogP contribution is 2.36. The summed E-state index contributed by atoms with van der Waals surface area (Å²) in [4.78, 5) is 22.0. The highest BCUT2D eigenvalue weighted by molar-refractivity contribution is 7.90. The Balaban J connectivity index is 2.64. The van der Waals surface area contributed by atoms with E-state index >= 15 is 0 Å². The number of nitrogens with zero attached hydrogens (tertiary/aromatic N) is 3. The smallest absolute Gasteiger partial charge is 0.175 e. The summed E-state index contributed by atoms with van der Waals surface area (Å²) in [6, 6.07) is 10.0. The maximum absolute atomic E-state index is 13.7. The first-order valence-electron chi connectivity index (χ1n) is 9.85. The third-order valence-corrected chi connectivity index (χ3v) is 6.35. The van der Waals surface area contributed by atoms with Gasteiger partial charge in [-0.3, -0.25) is 9.78 Å². The second-order valence-electron chi connectivity index (χ2n) is 8.22. The second kappa shape index (κ2) is 10.4. The van der Waals surface area contributed by atoms with Crippen molar-refractivity contribution in [2.75, 3.05) is 41.0 Å². The van der Waals surface area contributed by atoms with Crippen LogP contribution in [0.5, 0.6) is 0 Å². The topological polar surface area (TPSA) is 70.6 Å². The molecule has 0 N–H and O–H groups in total. The van der Waals surface area contributed by atoms with E-state index in [0.717, 1.165) is 11.9 Å². The SMILES string of the molecule is Cc1ccc(C(=O)C(c2ccc(S(C)(=O)=O)cc2)C(CN(C)C)/C(Cl)=C/N(C)C)cn1. The highest BCUT2D eigenvalue weighted by Gasteiger charge is 2.33. The van der Waals surface area contributed by atoms with Crippen LogP contribution < -0.4 is 0 Å². The molecule has 2 rings (SSSR count). The van der Waals surface area contributed by atoms with Crippen LogP contribution in [0.2, 0.25) is 0 Å². The Morgan fingerprint density at radius 1 is 1.10 bits per heavy atom.